The number of hydrogen-bond donors (Lipinski definition) is 1. The number of esters is 1. The lowest BCUT2D eigenvalue weighted by molar-refractivity contribution is -0.129. The van der Waals surface area contributed by atoms with Crippen molar-refractivity contribution in [2.75, 3.05) is 6.79 Å². The van der Waals surface area contributed by atoms with E-state index in [4.69, 9.17) is 14.2 Å². The minimum Gasteiger partial charge on any atom is -0.454 e. The number of carbonyl (C=O) groups excluding carboxylic acids is 2. The standard InChI is InChI=1S/C18H16FNO5/c1-11(25-18(22)13-3-5-14(19)6-4-13)17(21)20-9-12-2-7-15-16(8-12)24-10-23-15/h2-8,11H,9-10H2,1H3,(H,20,21)/t11-/m0/s1. The quantitative estimate of drug-likeness (QED) is 0.843. The fraction of sp³-hybridized carbons (Fsp3) is 0.222. The highest BCUT2D eigenvalue weighted by molar-refractivity contribution is 5.92. The van der Waals surface area contributed by atoms with E-state index in [0.29, 0.717) is 11.5 Å². The molecule has 6 nitrogen and oxygen atoms in total. The van der Waals surface area contributed by atoms with Crippen LogP contribution in [0.1, 0.15) is 22.8 Å². The van der Waals surface area contributed by atoms with E-state index in [1.54, 1.807) is 12.1 Å². The van der Waals surface area contributed by atoms with Crippen LogP contribution in [-0.4, -0.2) is 24.8 Å². The van der Waals surface area contributed by atoms with Crippen molar-refractivity contribution in [2.45, 2.75) is 19.6 Å². The maximum atomic E-state index is 12.9. The molecule has 0 spiro atoms. The third-order valence-electron chi connectivity index (χ3n) is 3.64. The van der Waals surface area contributed by atoms with Crippen LogP contribution in [0, 0.1) is 5.82 Å². The van der Waals surface area contributed by atoms with Crippen LogP contribution in [0.15, 0.2) is 42.5 Å². The fourth-order valence-electron chi connectivity index (χ4n) is 2.25. The lowest BCUT2D eigenvalue weighted by Gasteiger charge is -2.13. The molecule has 1 amide bonds. The van der Waals surface area contributed by atoms with Crippen molar-refractivity contribution < 1.29 is 28.2 Å². The van der Waals surface area contributed by atoms with Crippen LogP contribution < -0.4 is 14.8 Å². The van der Waals surface area contributed by atoms with Crippen molar-refractivity contribution in [3.8, 4) is 11.5 Å². The Hall–Kier alpha value is -3.09. The van der Waals surface area contributed by atoms with Gasteiger partial charge in [-0.2, -0.15) is 0 Å². The molecule has 0 bridgehead atoms. The highest BCUT2D eigenvalue weighted by atomic mass is 19.1. The van der Waals surface area contributed by atoms with E-state index >= 15 is 0 Å². The number of amides is 1. The Morgan fingerprint density at radius 3 is 2.64 bits per heavy atom. The topological polar surface area (TPSA) is 73.9 Å². The maximum absolute atomic E-state index is 12.9. The number of halogens is 1. The minimum atomic E-state index is -0.980. The molecule has 0 saturated heterocycles. The summed E-state index contributed by atoms with van der Waals surface area (Å²) in [5.41, 5.74) is 1.01. The van der Waals surface area contributed by atoms with Gasteiger partial charge in [0.1, 0.15) is 5.82 Å². The summed E-state index contributed by atoms with van der Waals surface area (Å²) in [6.45, 7) is 1.91. The highest BCUT2D eigenvalue weighted by Crippen LogP contribution is 2.32. The van der Waals surface area contributed by atoms with Crippen LogP contribution in [0.4, 0.5) is 4.39 Å². The Morgan fingerprint density at radius 1 is 1.16 bits per heavy atom. The zero-order valence-electron chi connectivity index (χ0n) is 13.5. The van der Waals surface area contributed by atoms with Gasteiger partial charge < -0.3 is 19.5 Å². The molecule has 1 atom stereocenters. The van der Waals surface area contributed by atoms with Gasteiger partial charge in [0.05, 0.1) is 5.56 Å². The van der Waals surface area contributed by atoms with Gasteiger partial charge in [0.2, 0.25) is 6.79 Å². The Balaban J connectivity index is 1.52. The average molecular weight is 345 g/mol. The van der Waals surface area contributed by atoms with Crippen LogP contribution in [0.5, 0.6) is 11.5 Å². The molecule has 1 heterocycles. The molecule has 130 valence electrons. The predicted octanol–water partition coefficient (Wildman–Crippen LogP) is 2.42. The summed E-state index contributed by atoms with van der Waals surface area (Å²) < 4.78 is 28.4. The van der Waals surface area contributed by atoms with E-state index in [9.17, 15) is 14.0 Å². The predicted molar refractivity (Wildman–Crippen MR) is 85.7 cm³/mol. The lowest BCUT2D eigenvalue weighted by Crippen LogP contribution is -2.35. The number of hydrogen-bond acceptors (Lipinski definition) is 5. The maximum Gasteiger partial charge on any atom is 0.338 e. The van der Waals surface area contributed by atoms with E-state index in [0.717, 1.165) is 17.7 Å². The molecule has 25 heavy (non-hydrogen) atoms. The van der Waals surface area contributed by atoms with Crippen molar-refractivity contribution in [1.82, 2.24) is 5.32 Å². The van der Waals surface area contributed by atoms with Crippen molar-refractivity contribution in [3.05, 3.63) is 59.4 Å². The number of nitrogens with one attached hydrogen (secondary N) is 1. The van der Waals surface area contributed by atoms with Crippen molar-refractivity contribution in [2.24, 2.45) is 0 Å². The fourth-order valence-corrected chi connectivity index (χ4v) is 2.25. The van der Waals surface area contributed by atoms with Crippen LogP contribution >= 0.6 is 0 Å². The van der Waals surface area contributed by atoms with Gasteiger partial charge in [-0.25, -0.2) is 9.18 Å². The summed E-state index contributed by atoms with van der Waals surface area (Å²) in [5, 5.41) is 2.68. The van der Waals surface area contributed by atoms with Gasteiger partial charge in [-0.1, -0.05) is 6.07 Å². The molecule has 0 saturated carbocycles. The monoisotopic (exact) mass is 345 g/mol. The lowest BCUT2D eigenvalue weighted by atomic mass is 10.2. The molecule has 0 unspecified atom stereocenters. The molecule has 2 aromatic carbocycles. The van der Waals surface area contributed by atoms with Crippen LogP contribution in [0.25, 0.3) is 0 Å². The summed E-state index contributed by atoms with van der Waals surface area (Å²) in [7, 11) is 0. The van der Waals surface area contributed by atoms with E-state index in [1.165, 1.54) is 19.1 Å². The summed E-state index contributed by atoms with van der Waals surface area (Å²) >= 11 is 0. The van der Waals surface area contributed by atoms with Gasteiger partial charge in [-0.3, -0.25) is 4.79 Å². The Morgan fingerprint density at radius 2 is 1.88 bits per heavy atom. The largest absolute Gasteiger partial charge is 0.454 e. The van der Waals surface area contributed by atoms with Gasteiger partial charge in [0.25, 0.3) is 5.91 Å². The second kappa shape index (κ2) is 7.21. The first-order valence-electron chi connectivity index (χ1n) is 7.66. The SMILES string of the molecule is C[C@H](OC(=O)c1ccc(F)cc1)C(=O)NCc1ccc2c(c1)OCO2. The average Bonchev–Trinajstić information content (AvgIpc) is 3.07. The second-order valence-corrected chi connectivity index (χ2v) is 5.46. The molecule has 1 aliphatic heterocycles. The summed E-state index contributed by atoms with van der Waals surface area (Å²) in [6.07, 6.45) is -0.980. The summed E-state index contributed by atoms with van der Waals surface area (Å²) in [6, 6.07) is 10.3. The van der Waals surface area contributed by atoms with Crippen LogP contribution in [0.2, 0.25) is 0 Å². The summed E-state index contributed by atoms with van der Waals surface area (Å²) in [4.78, 5) is 24.0. The molecule has 0 aliphatic carbocycles. The van der Waals surface area contributed by atoms with Crippen molar-refractivity contribution >= 4 is 11.9 Å². The Kier molecular flexibility index (Phi) is 4.83. The molecular formula is C18H16FNO5. The molecule has 2 aromatic rings. The van der Waals surface area contributed by atoms with Gasteiger partial charge in [0.15, 0.2) is 17.6 Å². The smallest absolute Gasteiger partial charge is 0.338 e. The van der Waals surface area contributed by atoms with E-state index in [2.05, 4.69) is 5.32 Å². The van der Waals surface area contributed by atoms with E-state index in [-0.39, 0.29) is 18.9 Å². The molecule has 0 radical (unpaired) electrons. The molecule has 3 rings (SSSR count). The molecule has 0 fully saturated rings. The van der Waals surface area contributed by atoms with Crippen molar-refractivity contribution in [1.29, 1.82) is 0 Å². The molecule has 1 N–H and O–H groups in total. The molecule has 1 aliphatic rings. The normalized spacial score (nSPS) is 13.2. The zero-order chi connectivity index (χ0) is 17.8. The first kappa shape index (κ1) is 16.8. The van der Waals surface area contributed by atoms with Crippen LogP contribution in [-0.2, 0) is 16.1 Å². The Bertz CT molecular complexity index is 791. The molecular weight excluding hydrogens is 329 g/mol. The Labute approximate surface area is 143 Å². The first-order valence-corrected chi connectivity index (χ1v) is 7.66. The zero-order valence-corrected chi connectivity index (χ0v) is 13.5. The van der Waals surface area contributed by atoms with Crippen molar-refractivity contribution in [3.63, 3.8) is 0 Å². The first-order chi connectivity index (χ1) is 12.0. The number of rotatable bonds is 5. The van der Waals surface area contributed by atoms with Gasteiger partial charge in [-0.05, 0) is 48.9 Å². The second-order valence-electron chi connectivity index (χ2n) is 5.46. The number of ether oxygens (including phenoxy) is 3. The molecule has 0 aromatic heterocycles. The van der Waals surface area contributed by atoms with Gasteiger partial charge in [-0.15, -0.1) is 0 Å². The third-order valence-corrected chi connectivity index (χ3v) is 3.64. The van der Waals surface area contributed by atoms with Gasteiger partial charge >= 0.3 is 5.97 Å². The minimum absolute atomic E-state index is 0.178. The molecule has 7 heteroatoms. The number of fused-ring (bicyclic) bond motifs is 1. The summed E-state index contributed by atoms with van der Waals surface area (Å²) in [5.74, 6) is -0.288. The highest BCUT2D eigenvalue weighted by Gasteiger charge is 2.19. The van der Waals surface area contributed by atoms with E-state index in [1.807, 2.05) is 6.07 Å². The number of carbonyl (C=O) groups is 2. The van der Waals surface area contributed by atoms with Gasteiger partial charge in [0, 0.05) is 6.54 Å². The van der Waals surface area contributed by atoms with Crippen LogP contribution in [0.3, 0.4) is 0 Å². The van der Waals surface area contributed by atoms with E-state index < -0.39 is 23.8 Å². The number of benzene rings is 2. The third kappa shape index (κ3) is 4.06.